The molecule has 3 heteroatoms. The highest BCUT2D eigenvalue weighted by molar-refractivity contribution is 7.10. The molecule has 1 saturated heterocycles. The van der Waals surface area contributed by atoms with Crippen molar-refractivity contribution in [2.75, 3.05) is 6.54 Å². The van der Waals surface area contributed by atoms with E-state index in [0.29, 0.717) is 6.42 Å². The highest BCUT2D eigenvalue weighted by atomic mass is 32.1. The number of hydrogen-bond donors (Lipinski definition) is 1. The van der Waals surface area contributed by atoms with Crippen molar-refractivity contribution in [3.8, 4) is 0 Å². The molecule has 1 unspecified atom stereocenters. The van der Waals surface area contributed by atoms with E-state index in [9.17, 15) is 4.79 Å². The first-order valence-corrected chi connectivity index (χ1v) is 5.81. The number of thiophene rings is 1. The normalized spacial score (nSPS) is 27.4. The van der Waals surface area contributed by atoms with Crippen molar-refractivity contribution in [3.63, 3.8) is 0 Å². The van der Waals surface area contributed by atoms with Crippen molar-refractivity contribution < 1.29 is 4.79 Å². The summed E-state index contributed by atoms with van der Waals surface area (Å²) >= 11 is 1.80. The second-order valence-corrected chi connectivity index (χ2v) is 5.19. The molecule has 1 N–H and O–H groups in total. The maximum atomic E-state index is 11.1. The summed E-state index contributed by atoms with van der Waals surface area (Å²) in [6.45, 7) is 5.17. The second-order valence-electron chi connectivity index (χ2n) is 4.27. The molecule has 0 spiro atoms. The minimum Gasteiger partial charge on any atom is -0.355 e. The molecule has 1 aliphatic rings. The van der Waals surface area contributed by atoms with E-state index < -0.39 is 0 Å². The van der Waals surface area contributed by atoms with Gasteiger partial charge in [0, 0.05) is 23.3 Å². The van der Waals surface area contributed by atoms with Gasteiger partial charge < -0.3 is 5.32 Å². The standard InChI is InChI=1S/C11H15NOS/c1-8-4-6-14-10(8)11(2)5-3-9(13)12-7-11/h4,6H,3,5,7H2,1-2H3,(H,12,13). The predicted molar refractivity (Wildman–Crippen MR) is 58.7 cm³/mol. The molecule has 2 rings (SSSR count). The lowest BCUT2D eigenvalue weighted by atomic mass is 9.80. The van der Waals surface area contributed by atoms with Gasteiger partial charge in [0.05, 0.1) is 0 Å². The molecule has 1 aromatic rings. The zero-order chi connectivity index (χ0) is 10.2. The van der Waals surface area contributed by atoms with E-state index in [1.807, 2.05) is 0 Å². The van der Waals surface area contributed by atoms with Gasteiger partial charge in [-0.05, 0) is 30.4 Å². The predicted octanol–water partition coefficient (Wildman–Crippen LogP) is 2.22. The van der Waals surface area contributed by atoms with Crippen LogP contribution in [0.4, 0.5) is 0 Å². The summed E-state index contributed by atoms with van der Waals surface area (Å²) in [6.07, 6.45) is 1.63. The van der Waals surface area contributed by atoms with Crippen molar-refractivity contribution >= 4 is 17.2 Å². The summed E-state index contributed by atoms with van der Waals surface area (Å²) in [5.41, 5.74) is 1.51. The molecule has 1 aromatic heterocycles. The number of carbonyl (C=O) groups excluding carboxylic acids is 1. The van der Waals surface area contributed by atoms with Crippen LogP contribution in [-0.4, -0.2) is 12.5 Å². The van der Waals surface area contributed by atoms with E-state index in [2.05, 4.69) is 30.6 Å². The average molecular weight is 209 g/mol. The molecule has 0 aromatic carbocycles. The Morgan fingerprint density at radius 2 is 2.36 bits per heavy atom. The zero-order valence-corrected chi connectivity index (χ0v) is 9.41. The van der Waals surface area contributed by atoms with E-state index in [0.717, 1.165) is 13.0 Å². The summed E-state index contributed by atoms with van der Waals surface area (Å²) in [5, 5.41) is 5.09. The first kappa shape index (κ1) is 9.71. The molecule has 1 atom stereocenters. The minimum atomic E-state index is 0.159. The van der Waals surface area contributed by atoms with Crippen LogP contribution in [0.5, 0.6) is 0 Å². The fraction of sp³-hybridized carbons (Fsp3) is 0.545. The third-order valence-corrected chi connectivity index (χ3v) is 4.31. The molecule has 0 saturated carbocycles. The number of nitrogens with one attached hydrogen (secondary N) is 1. The SMILES string of the molecule is Cc1ccsc1C1(C)CCC(=O)NC1. The number of amides is 1. The first-order chi connectivity index (χ1) is 6.62. The summed E-state index contributed by atoms with van der Waals surface area (Å²) in [5.74, 6) is 0.191. The van der Waals surface area contributed by atoms with Crippen LogP contribution in [-0.2, 0) is 10.2 Å². The smallest absolute Gasteiger partial charge is 0.220 e. The van der Waals surface area contributed by atoms with E-state index in [1.54, 1.807) is 11.3 Å². The van der Waals surface area contributed by atoms with Crippen LogP contribution in [0.2, 0.25) is 0 Å². The van der Waals surface area contributed by atoms with Crippen LogP contribution in [0.25, 0.3) is 0 Å². The third kappa shape index (κ3) is 1.57. The van der Waals surface area contributed by atoms with Crippen LogP contribution >= 0.6 is 11.3 Å². The largest absolute Gasteiger partial charge is 0.355 e. The van der Waals surface area contributed by atoms with Crippen LogP contribution in [0.15, 0.2) is 11.4 Å². The second kappa shape index (κ2) is 3.39. The van der Waals surface area contributed by atoms with Gasteiger partial charge in [0.15, 0.2) is 0 Å². The maximum absolute atomic E-state index is 11.1. The van der Waals surface area contributed by atoms with Gasteiger partial charge in [0.1, 0.15) is 0 Å². The van der Waals surface area contributed by atoms with Crippen LogP contribution in [0, 0.1) is 6.92 Å². The third-order valence-electron chi connectivity index (χ3n) is 2.99. The van der Waals surface area contributed by atoms with E-state index in [4.69, 9.17) is 0 Å². The molecule has 76 valence electrons. The minimum absolute atomic E-state index is 0.159. The Morgan fingerprint density at radius 1 is 1.57 bits per heavy atom. The first-order valence-electron chi connectivity index (χ1n) is 4.93. The fourth-order valence-electron chi connectivity index (χ4n) is 2.04. The van der Waals surface area contributed by atoms with Crippen molar-refractivity contribution in [1.82, 2.24) is 5.32 Å². The van der Waals surface area contributed by atoms with Crippen molar-refractivity contribution in [3.05, 3.63) is 21.9 Å². The molecule has 0 bridgehead atoms. The Labute approximate surface area is 88.3 Å². The molecule has 2 heterocycles. The van der Waals surface area contributed by atoms with Crippen LogP contribution < -0.4 is 5.32 Å². The number of hydrogen-bond acceptors (Lipinski definition) is 2. The van der Waals surface area contributed by atoms with Crippen molar-refractivity contribution in [2.24, 2.45) is 0 Å². The molecule has 1 fully saturated rings. The van der Waals surface area contributed by atoms with Crippen LogP contribution in [0.1, 0.15) is 30.2 Å². The number of rotatable bonds is 1. The Bertz CT molecular complexity index is 346. The van der Waals surface area contributed by atoms with Gasteiger partial charge >= 0.3 is 0 Å². The molecule has 1 aliphatic heterocycles. The molecule has 0 aliphatic carbocycles. The Kier molecular flexibility index (Phi) is 2.35. The van der Waals surface area contributed by atoms with Gasteiger partial charge in [-0.1, -0.05) is 6.92 Å². The quantitative estimate of drug-likeness (QED) is 0.755. The molecular formula is C11H15NOS. The summed E-state index contributed by atoms with van der Waals surface area (Å²) in [7, 11) is 0. The fourth-order valence-corrected chi connectivity index (χ4v) is 3.17. The Balaban J connectivity index is 2.25. The lowest BCUT2D eigenvalue weighted by Crippen LogP contribution is -2.44. The molecule has 14 heavy (non-hydrogen) atoms. The topological polar surface area (TPSA) is 29.1 Å². The van der Waals surface area contributed by atoms with E-state index >= 15 is 0 Å². The van der Waals surface area contributed by atoms with E-state index in [-0.39, 0.29) is 11.3 Å². The Hall–Kier alpha value is -0.830. The van der Waals surface area contributed by atoms with Gasteiger partial charge in [0.2, 0.25) is 5.91 Å². The molecule has 1 amide bonds. The molecule has 0 radical (unpaired) electrons. The summed E-state index contributed by atoms with van der Waals surface area (Å²) < 4.78 is 0. The van der Waals surface area contributed by atoms with E-state index in [1.165, 1.54) is 10.4 Å². The van der Waals surface area contributed by atoms with Gasteiger partial charge in [-0.2, -0.15) is 0 Å². The summed E-state index contributed by atoms with van der Waals surface area (Å²) in [4.78, 5) is 12.5. The number of carbonyl (C=O) groups is 1. The van der Waals surface area contributed by atoms with Crippen molar-refractivity contribution in [2.45, 2.75) is 32.1 Å². The maximum Gasteiger partial charge on any atom is 0.220 e. The zero-order valence-electron chi connectivity index (χ0n) is 8.59. The molecule has 2 nitrogen and oxygen atoms in total. The highest BCUT2D eigenvalue weighted by Crippen LogP contribution is 2.36. The summed E-state index contributed by atoms with van der Waals surface area (Å²) in [6, 6.07) is 2.15. The van der Waals surface area contributed by atoms with Gasteiger partial charge in [-0.3, -0.25) is 4.79 Å². The number of aryl methyl sites for hydroxylation is 1. The van der Waals surface area contributed by atoms with Gasteiger partial charge in [-0.25, -0.2) is 0 Å². The highest BCUT2D eigenvalue weighted by Gasteiger charge is 2.33. The lowest BCUT2D eigenvalue weighted by molar-refractivity contribution is -0.123. The number of piperidine rings is 1. The van der Waals surface area contributed by atoms with Gasteiger partial charge in [-0.15, -0.1) is 11.3 Å². The Morgan fingerprint density at radius 3 is 2.86 bits per heavy atom. The molecular weight excluding hydrogens is 194 g/mol. The monoisotopic (exact) mass is 209 g/mol. The van der Waals surface area contributed by atoms with Crippen LogP contribution in [0.3, 0.4) is 0 Å². The average Bonchev–Trinajstić information content (AvgIpc) is 2.58. The lowest BCUT2D eigenvalue weighted by Gasteiger charge is -2.33. The van der Waals surface area contributed by atoms with Crippen molar-refractivity contribution in [1.29, 1.82) is 0 Å². The van der Waals surface area contributed by atoms with Gasteiger partial charge in [0.25, 0.3) is 0 Å².